The molecule has 0 spiro atoms. The van der Waals surface area contributed by atoms with E-state index in [4.69, 9.17) is 16.6 Å². The first-order valence-electron chi connectivity index (χ1n) is 6.51. The number of benzene rings is 1. The molecule has 0 amide bonds. The van der Waals surface area contributed by atoms with Gasteiger partial charge in [0, 0.05) is 22.8 Å². The minimum atomic E-state index is 0.835. The van der Waals surface area contributed by atoms with Crippen molar-refractivity contribution in [3.05, 3.63) is 63.4 Å². The van der Waals surface area contributed by atoms with E-state index in [9.17, 15) is 0 Å². The van der Waals surface area contributed by atoms with E-state index in [1.807, 2.05) is 6.07 Å². The van der Waals surface area contributed by atoms with Crippen LogP contribution < -0.4 is 0 Å². The first kappa shape index (κ1) is 11.7. The van der Waals surface area contributed by atoms with E-state index in [0.717, 1.165) is 30.7 Å². The third-order valence-electron chi connectivity index (χ3n) is 3.68. The van der Waals surface area contributed by atoms with Gasteiger partial charge in [-0.05, 0) is 54.2 Å². The Labute approximate surface area is 113 Å². The van der Waals surface area contributed by atoms with Gasteiger partial charge in [-0.25, -0.2) is 0 Å². The van der Waals surface area contributed by atoms with Crippen molar-refractivity contribution in [1.82, 2.24) is 4.98 Å². The van der Waals surface area contributed by atoms with E-state index in [1.165, 1.54) is 28.1 Å². The fourth-order valence-corrected chi connectivity index (χ4v) is 2.80. The zero-order chi connectivity index (χ0) is 12.5. The van der Waals surface area contributed by atoms with Crippen LogP contribution in [0.1, 0.15) is 35.0 Å². The first-order chi connectivity index (χ1) is 8.76. The van der Waals surface area contributed by atoms with E-state index in [1.54, 1.807) is 0 Å². The number of pyridine rings is 1. The fraction of sp³-hybridized carbons (Fsp3) is 0.312. The summed E-state index contributed by atoms with van der Waals surface area (Å²) in [5, 5.41) is 0.835. The topological polar surface area (TPSA) is 12.9 Å². The SMILES string of the molecule is CCc1ccc2c(n1)Cc1ccc(Cl)cc1CC2. The molecule has 0 fully saturated rings. The molecule has 1 aliphatic carbocycles. The largest absolute Gasteiger partial charge is 0.257 e. The van der Waals surface area contributed by atoms with Crippen LogP contribution in [0.3, 0.4) is 0 Å². The Hall–Kier alpha value is -1.34. The van der Waals surface area contributed by atoms with Crippen molar-refractivity contribution in [2.45, 2.75) is 32.6 Å². The lowest BCUT2D eigenvalue weighted by molar-refractivity contribution is 0.923. The van der Waals surface area contributed by atoms with Crippen LogP contribution in [0.2, 0.25) is 5.02 Å². The summed E-state index contributed by atoms with van der Waals surface area (Å²) in [5.74, 6) is 0. The van der Waals surface area contributed by atoms with Gasteiger partial charge >= 0.3 is 0 Å². The van der Waals surface area contributed by atoms with Crippen LogP contribution in [-0.4, -0.2) is 4.98 Å². The minimum Gasteiger partial charge on any atom is -0.257 e. The van der Waals surface area contributed by atoms with Gasteiger partial charge in [-0.15, -0.1) is 0 Å². The molecule has 3 rings (SSSR count). The van der Waals surface area contributed by atoms with Gasteiger partial charge in [0.1, 0.15) is 0 Å². The second-order valence-electron chi connectivity index (χ2n) is 4.85. The molecule has 1 heterocycles. The summed E-state index contributed by atoms with van der Waals surface area (Å²) >= 11 is 6.07. The maximum Gasteiger partial charge on any atom is 0.0482 e. The van der Waals surface area contributed by atoms with Crippen molar-refractivity contribution in [3.63, 3.8) is 0 Å². The van der Waals surface area contributed by atoms with Gasteiger partial charge in [0.25, 0.3) is 0 Å². The Morgan fingerprint density at radius 3 is 2.67 bits per heavy atom. The lowest BCUT2D eigenvalue weighted by Crippen LogP contribution is -1.99. The van der Waals surface area contributed by atoms with Gasteiger partial charge in [-0.2, -0.15) is 0 Å². The monoisotopic (exact) mass is 257 g/mol. The number of aryl methyl sites for hydroxylation is 3. The molecule has 0 bridgehead atoms. The number of hydrogen-bond donors (Lipinski definition) is 0. The summed E-state index contributed by atoms with van der Waals surface area (Å²) in [5.41, 5.74) is 6.57. The molecule has 2 heteroatoms. The van der Waals surface area contributed by atoms with Crippen molar-refractivity contribution >= 4 is 11.6 Å². The summed E-state index contributed by atoms with van der Waals surface area (Å²) in [6.07, 6.45) is 4.08. The zero-order valence-electron chi connectivity index (χ0n) is 10.5. The Bertz CT molecular complexity index is 590. The van der Waals surface area contributed by atoms with Gasteiger partial charge in [0.2, 0.25) is 0 Å². The highest BCUT2D eigenvalue weighted by Gasteiger charge is 2.14. The zero-order valence-corrected chi connectivity index (χ0v) is 11.3. The second kappa shape index (κ2) is 4.74. The summed E-state index contributed by atoms with van der Waals surface area (Å²) in [4.78, 5) is 4.78. The highest BCUT2D eigenvalue weighted by molar-refractivity contribution is 6.30. The van der Waals surface area contributed by atoms with Crippen molar-refractivity contribution < 1.29 is 0 Å². The Kier molecular flexibility index (Phi) is 3.09. The number of rotatable bonds is 1. The van der Waals surface area contributed by atoms with Crippen molar-refractivity contribution in [1.29, 1.82) is 0 Å². The molecule has 0 radical (unpaired) electrons. The van der Waals surface area contributed by atoms with Crippen LogP contribution in [0.4, 0.5) is 0 Å². The molecule has 0 atom stereocenters. The Morgan fingerprint density at radius 1 is 1.06 bits per heavy atom. The van der Waals surface area contributed by atoms with Crippen LogP contribution in [0.25, 0.3) is 0 Å². The summed E-state index contributed by atoms with van der Waals surface area (Å²) < 4.78 is 0. The number of hydrogen-bond acceptors (Lipinski definition) is 1. The van der Waals surface area contributed by atoms with Gasteiger partial charge in [-0.3, -0.25) is 4.98 Å². The highest BCUT2D eigenvalue weighted by Crippen LogP contribution is 2.25. The van der Waals surface area contributed by atoms with Crippen molar-refractivity contribution in [3.8, 4) is 0 Å². The average molecular weight is 258 g/mol. The van der Waals surface area contributed by atoms with E-state index < -0.39 is 0 Å². The Balaban J connectivity index is 2.04. The van der Waals surface area contributed by atoms with E-state index in [0.29, 0.717) is 0 Å². The maximum atomic E-state index is 6.07. The summed E-state index contributed by atoms with van der Waals surface area (Å²) in [7, 11) is 0. The number of nitrogens with zero attached hydrogens (tertiary/aromatic N) is 1. The van der Waals surface area contributed by atoms with Gasteiger partial charge in [0.15, 0.2) is 0 Å². The van der Waals surface area contributed by atoms with Crippen molar-refractivity contribution in [2.24, 2.45) is 0 Å². The molecule has 92 valence electrons. The molecule has 18 heavy (non-hydrogen) atoms. The van der Waals surface area contributed by atoms with E-state index in [-0.39, 0.29) is 0 Å². The highest BCUT2D eigenvalue weighted by atomic mass is 35.5. The van der Waals surface area contributed by atoms with Crippen LogP contribution in [0.15, 0.2) is 30.3 Å². The molecular formula is C16H16ClN. The lowest BCUT2D eigenvalue weighted by Gasteiger charge is -2.07. The molecule has 1 aromatic carbocycles. The number of aromatic nitrogens is 1. The van der Waals surface area contributed by atoms with Crippen LogP contribution in [0.5, 0.6) is 0 Å². The number of fused-ring (bicyclic) bond motifs is 2. The van der Waals surface area contributed by atoms with Crippen LogP contribution in [0, 0.1) is 0 Å². The van der Waals surface area contributed by atoms with Gasteiger partial charge in [-0.1, -0.05) is 30.7 Å². The third kappa shape index (κ3) is 2.15. The second-order valence-corrected chi connectivity index (χ2v) is 5.29. The molecule has 1 aromatic heterocycles. The molecule has 0 aliphatic heterocycles. The first-order valence-corrected chi connectivity index (χ1v) is 6.89. The fourth-order valence-electron chi connectivity index (χ4n) is 2.60. The van der Waals surface area contributed by atoms with E-state index in [2.05, 4.69) is 31.2 Å². The van der Waals surface area contributed by atoms with Crippen LogP contribution >= 0.6 is 11.6 Å². The maximum absolute atomic E-state index is 6.07. The molecule has 2 aromatic rings. The van der Waals surface area contributed by atoms with Gasteiger partial charge < -0.3 is 0 Å². The smallest absolute Gasteiger partial charge is 0.0482 e. The number of halogens is 1. The molecule has 0 unspecified atom stereocenters. The third-order valence-corrected chi connectivity index (χ3v) is 3.91. The van der Waals surface area contributed by atoms with Gasteiger partial charge in [0.05, 0.1) is 0 Å². The Morgan fingerprint density at radius 2 is 1.83 bits per heavy atom. The average Bonchev–Trinajstić information content (AvgIpc) is 2.56. The standard InChI is InChI=1S/C16H16ClN/c1-2-15-8-6-11-3-4-12-9-14(17)7-5-13(12)10-16(11)18-15/h5-9H,2-4,10H2,1H3. The predicted molar refractivity (Wildman–Crippen MR) is 75.3 cm³/mol. The predicted octanol–water partition coefficient (Wildman–Crippen LogP) is 3.99. The molecule has 0 N–H and O–H groups in total. The molecule has 0 saturated heterocycles. The van der Waals surface area contributed by atoms with Crippen LogP contribution in [-0.2, 0) is 25.7 Å². The van der Waals surface area contributed by atoms with E-state index >= 15 is 0 Å². The minimum absolute atomic E-state index is 0.835. The van der Waals surface area contributed by atoms with Crippen molar-refractivity contribution in [2.75, 3.05) is 0 Å². The summed E-state index contributed by atoms with van der Waals surface area (Å²) in [6, 6.07) is 10.6. The molecule has 0 saturated carbocycles. The lowest BCUT2D eigenvalue weighted by atomic mass is 10.0. The quantitative estimate of drug-likeness (QED) is 0.753. The summed E-state index contributed by atoms with van der Waals surface area (Å²) in [6.45, 7) is 2.15. The molecule has 1 aliphatic rings. The molecular weight excluding hydrogens is 242 g/mol. The molecule has 1 nitrogen and oxygen atoms in total. The normalized spacial score (nSPS) is 13.7.